The quantitative estimate of drug-likeness (QED) is 0.828. The maximum absolute atomic E-state index is 4.62. The van der Waals surface area contributed by atoms with E-state index in [0.29, 0.717) is 0 Å². The number of aryl methyl sites for hydroxylation is 1. The number of piperazine rings is 1. The van der Waals surface area contributed by atoms with Gasteiger partial charge in [0.2, 0.25) is 0 Å². The van der Waals surface area contributed by atoms with Gasteiger partial charge in [-0.25, -0.2) is 9.97 Å². The minimum Gasteiger partial charge on any atom is -0.354 e. The van der Waals surface area contributed by atoms with Crippen LogP contribution in [-0.4, -0.2) is 36.1 Å². The van der Waals surface area contributed by atoms with Crippen LogP contribution in [-0.2, 0) is 6.42 Å². The van der Waals surface area contributed by atoms with Gasteiger partial charge in [0.25, 0.3) is 0 Å². The Labute approximate surface area is 97.1 Å². The third-order valence-electron chi connectivity index (χ3n) is 2.89. The molecule has 0 saturated carbocycles. The third kappa shape index (κ3) is 2.92. The second kappa shape index (κ2) is 5.80. The van der Waals surface area contributed by atoms with Gasteiger partial charge in [0, 0.05) is 38.8 Å². The summed E-state index contributed by atoms with van der Waals surface area (Å²) in [5.41, 5.74) is 0. The monoisotopic (exact) mass is 220 g/mol. The van der Waals surface area contributed by atoms with Crippen molar-refractivity contribution in [3.8, 4) is 0 Å². The van der Waals surface area contributed by atoms with E-state index in [2.05, 4.69) is 27.1 Å². The highest BCUT2D eigenvalue weighted by Gasteiger charge is 2.11. The largest absolute Gasteiger partial charge is 0.354 e. The number of hydrogen-bond acceptors (Lipinski definition) is 4. The van der Waals surface area contributed by atoms with Crippen LogP contribution in [0, 0.1) is 0 Å². The lowest BCUT2D eigenvalue weighted by Gasteiger charge is -2.28. The number of hydrogen-bond donors (Lipinski definition) is 1. The molecule has 2 rings (SSSR count). The molecule has 1 fully saturated rings. The molecule has 1 N–H and O–H groups in total. The van der Waals surface area contributed by atoms with Crippen molar-refractivity contribution in [2.24, 2.45) is 0 Å². The number of nitrogens with zero attached hydrogens (tertiary/aromatic N) is 3. The van der Waals surface area contributed by atoms with Gasteiger partial charge in [-0.15, -0.1) is 0 Å². The van der Waals surface area contributed by atoms with Crippen LogP contribution in [0.15, 0.2) is 12.3 Å². The van der Waals surface area contributed by atoms with Gasteiger partial charge < -0.3 is 10.2 Å². The Balaban J connectivity index is 2.02. The van der Waals surface area contributed by atoms with E-state index in [1.807, 2.05) is 12.3 Å². The van der Waals surface area contributed by atoms with Crippen LogP contribution in [0.3, 0.4) is 0 Å². The molecule has 1 aromatic rings. The molecule has 88 valence electrons. The number of anilines is 1. The number of aromatic nitrogens is 2. The predicted molar refractivity (Wildman–Crippen MR) is 65.7 cm³/mol. The summed E-state index contributed by atoms with van der Waals surface area (Å²) in [5.74, 6) is 2.07. The first-order valence-electron chi connectivity index (χ1n) is 6.17. The number of rotatable bonds is 4. The van der Waals surface area contributed by atoms with Crippen molar-refractivity contribution in [1.82, 2.24) is 15.3 Å². The van der Waals surface area contributed by atoms with E-state index in [9.17, 15) is 0 Å². The normalized spacial score (nSPS) is 16.4. The fraction of sp³-hybridized carbons (Fsp3) is 0.667. The first-order chi connectivity index (χ1) is 7.90. The Morgan fingerprint density at radius 2 is 2.19 bits per heavy atom. The molecular weight excluding hydrogens is 200 g/mol. The van der Waals surface area contributed by atoms with E-state index >= 15 is 0 Å². The molecule has 0 unspecified atom stereocenters. The smallest absolute Gasteiger partial charge is 0.132 e. The topological polar surface area (TPSA) is 41.1 Å². The first kappa shape index (κ1) is 11.3. The zero-order chi connectivity index (χ0) is 11.2. The zero-order valence-electron chi connectivity index (χ0n) is 9.95. The second-order valence-electron chi connectivity index (χ2n) is 4.17. The minimum atomic E-state index is 0.984. The fourth-order valence-corrected chi connectivity index (χ4v) is 1.91. The maximum atomic E-state index is 4.62. The predicted octanol–water partition coefficient (Wildman–Crippen LogP) is 1.23. The van der Waals surface area contributed by atoms with Crippen LogP contribution in [0.25, 0.3) is 0 Å². The Hall–Kier alpha value is -1.16. The standard InChI is InChI=1S/C12H20N4/c1-2-3-4-11-14-6-5-12(15-11)16-9-7-13-8-10-16/h5-6,13H,2-4,7-10H2,1H3. The Bertz CT molecular complexity index is 321. The average molecular weight is 220 g/mol. The molecule has 4 nitrogen and oxygen atoms in total. The van der Waals surface area contributed by atoms with Crippen molar-refractivity contribution in [2.45, 2.75) is 26.2 Å². The molecule has 0 amide bonds. The summed E-state index contributed by atoms with van der Waals surface area (Å²) in [4.78, 5) is 11.3. The van der Waals surface area contributed by atoms with E-state index in [-0.39, 0.29) is 0 Å². The molecule has 16 heavy (non-hydrogen) atoms. The van der Waals surface area contributed by atoms with Crippen LogP contribution in [0.5, 0.6) is 0 Å². The summed E-state index contributed by atoms with van der Waals surface area (Å²) >= 11 is 0. The molecule has 0 atom stereocenters. The third-order valence-corrected chi connectivity index (χ3v) is 2.89. The highest BCUT2D eigenvalue weighted by molar-refractivity contribution is 5.38. The van der Waals surface area contributed by atoms with Crippen molar-refractivity contribution in [1.29, 1.82) is 0 Å². The molecule has 1 aromatic heterocycles. The fourth-order valence-electron chi connectivity index (χ4n) is 1.91. The minimum absolute atomic E-state index is 0.984. The molecule has 0 aromatic carbocycles. The van der Waals surface area contributed by atoms with Crippen molar-refractivity contribution < 1.29 is 0 Å². The number of unbranched alkanes of at least 4 members (excludes halogenated alkanes) is 1. The molecule has 1 aliphatic heterocycles. The molecule has 1 saturated heterocycles. The second-order valence-corrected chi connectivity index (χ2v) is 4.17. The first-order valence-corrected chi connectivity index (χ1v) is 6.17. The summed E-state index contributed by atoms with van der Waals surface area (Å²) in [6.07, 6.45) is 5.25. The van der Waals surface area contributed by atoms with Gasteiger partial charge in [-0.2, -0.15) is 0 Å². The molecule has 0 aliphatic carbocycles. The van der Waals surface area contributed by atoms with Crippen LogP contribution >= 0.6 is 0 Å². The van der Waals surface area contributed by atoms with Crippen LogP contribution in [0.2, 0.25) is 0 Å². The van der Waals surface area contributed by atoms with Gasteiger partial charge in [0.15, 0.2) is 0 Å². The van der Waals surface area contributed by atoms with E-state index in [4.69, 9.17) is 0 Å². The molecule has 0 bridgehead atoms. The molecule has 0 radical (unpaired) electrons. The van der Waals surface area contributed by atoms with Crippen molar-refractivity contribution in [3.63, 3.8) is 0 Å². The van der Waals surface area contributed by atoms with E-state index in [0.717, 1.165) is 44.2 Å². The lowest BCUT2D eigenvalue weighted by atomic mass is 10.2. The molecule has 4 heteroatoms. The zero-order valence-corrected chi connectivity index (χ0v) is 9.95. The summed E-state index contributed by atoms with van der Waals surface area (Å²) in [5, 5.41) is 3.35. The highest BCUT2D eigenvalue weighted by Crippen LogP contribution is 2.11. The number of nitrogens with one attached hydrogen (secondary N) is 1. The van der Waals surface area contributed by atoms with Gasteiger partial charge in [-0.1, -0.05) is 13.3 Å². The van der Waals surface area contributed by atoms with Crippen LogP contribution in [0.1, 0.15) is 25.6 Å². The molecular formula is C12H20N4. The molecule has 1 aliphatic rings. The van der Waals surface area contributed by atoms with E-state index in [1.54, 1.807) is 0 Å². The Kier molecular flexibility index (Phi) is 4.10. The maximum Gasteiger partial charge on any atom is 0.132 e. The molecule has 0 spiro atoms. The van der Waals surface area contributed by atoms with E-state index < -0.39 is 0 Å². The summed E-state index contributed by atoms with van der Waals surface area (Å²) < 4.78 is 0. The Morgan fingerprint density at radius 3 is 2.94 bits per heavy atom. The van der Waals surface area contributed by atoms with Gasteiger partial charge >= 0.3 is 0 Å². The van der Waals surface area contributed by atoms with Crippen LogP contribution in [0.4, 0.5) is 5.82 Å². The Morgan fingerprint density at radius 1 is 1.38 bits per heavy atom. The SMILES string of the molecule is CCCCc1nccc(N2CCNCC2)n1. The van der Waals surface area contributed by atoms with Gasteiger partial charge in [-0.05, 0) is 12.5 Å². The van der Waals surface area contributed by atoms with Gasteiger partial charge in [0.05, 0.1) is 0 Å². The summed E-state index contributed by atoms with van der Waals surface area (Å²) in [7, 11) is 0. The van der Waals surface area contributed by atoms with Crippen molar-refractivity contribution in [3.05, 3.63) is 18.1 Å². The van der Waals surface area contributed by atoms with E-state index in [1.165, 1.54) is 12.8 Å². The summed E-state index contributed by atoms with van der Waals surface area (Å²) in [6.45, 7) is 6.39. The summed E-state index contributed by atoms with van der Waals surface area (Å²) in [6, 6.07) is 2.01. The molecule has 2 heterocycles. The lowest BCUT2D eigenvalue weighted by molar-refractivity contribution is 0.583. The van der Waals surface area contributed by atoms with Crippen molar-refractivity contribution >= 4 is 5.82 Å². The van der Waals surface area contributed by atoms with Crippen molar-refractivity contribution in [2.75, 3.05) is 31.1 Å². The average Bonchev–Trinajstić information content (AvgIpc) is 2.38. The lowest BCUT2D eigenvalue weighted by Crippen LogP contribution is -2.44. The highest BCUT2D eigenvalue weighted by atomic mass is 15.2. The van der Waals surface area contributed by atoms with Gasteiger partial charge in [0.1, 0.15) is 11.6 Å². The van der Waals surface area contributed by atoms with Crippen LogP contribution < -0.4 is 10.2 Å². The van der Waals surface area contributed by atoms with Gasteiger partial charge in [-0.3, -0.25) is 0 Å².